The van der Waals surface area contributed by atoms with Gasteiger partial charge in [-0.1, -0.05) is 0 Å². The van der Waals surface area contributed by atoms with Gasteiger partial charge in [0.05, 0.1) is 5.01 Å². The molecule has 2 rings (SSSR count). The number of hydrogen-bond donors (Lipinski definition) is 1. The minimum absolute atomic E-state index is 0.0489. The zero-order valence-corrected chi connectivity index (χ0v) is 14.6. The maximum absolute atomic E-state index is 11.9. The fourth-order valence-corrected chi connectivity index (χ4v) is 3.15. The molecule has 23 heavy (non-hydrogen) atoms. The predicted octanol–water partition coefficient (Wildman–Crippen LogP) is 1.76. The van der Waals surface area contributed by atoms with Crippen LogP contribution in [0.2, 0.25) is 0 Å². The summed E-state index contributed by atoms with van der Waals surface area (Å²) in [4.78, 5) is 32.0. The van der Waals surface area contributed by atoms with E-state index in [1.165, 1.54) is 4.57 Å². The number of hydrogen-bond acceptors (Lipinski definition) is 5. The van der Waals surface area contributed by atoms with Gasteiger partial charge < -0.3 is 5.32 Å². The van der Waals surface area contributed by atoms with Gasteiger partial charge in [-0.05, 0) is 33.3 Å². The lowest BCUT2D eigenvalue weighted by atomic mass is 10.3. The number of aryl methyl sites for hydroxylation is 4. The Bertz CT molecular complexity index is 736. The number of thiazole rings is 1. The highest BCUT2D eigenvalue weighted by molar-refractivity contribution is 7.09. The zero-order chi connectivity index (χ0) is 16.8. The van der Waals surface area contributed by atoms with Crippen LogP contribution < -0.4 is 11.0 Å². The Hall–Kier alpha value is -2.02. The first kappa shape index (κ1) is 17.3. The summed E-state index contributed by atoms with van der Waals surface area (Å²) < 4.78 is 1.53. The lowest BCUT2D eigenvalue weighted by Gasteiger charge is -2.09. The summed E-state index contributed by atoms with van der Waals surface area (Å²) in [6.45, 7) is 6.60. The van der Waals surface area contributed by atoms with E-state index in [9.17, 15) is 9.59 Å². The van der Waals surface area contributed by atoms with E-state index in [4.69, 9.17) is 0 Å². The zero-order valence-electron chi connectivity index (χ0n) is 13.8. The van der Waals surface area contributed by atoms with Gasteiger partial charge in [0.25, 0.3) is 0 Å². The van der Waals surface area contributed by atoms with Crippen LogP contribution >= 0.6 is 11.3 Å². The van der Waals surface area contributed by atoms with E-state index in [0.29, 0.717) is 18.8 Å². The second-order valence-electron chi connectivity index (χ2n) is 5.56. The van der Waals surface area contributed by atoms with Crippen LogP contribution in [0.1, 0.15) is 34.9 Å². The first-order valence-electron chi connectivity index (χ1n) is 7.68. The Morgan fingerprint density at radius 3 is 2.70 bits per heavy atom. The number of rotatable bonds is 7. The molecule has 0 unspecified atom stereocenters. The second kappa shape index (κ2) is 8.01. The molecule has 0 atom stereocenters. The highest BCUT2D eigenvalue weighted by Gasteiger charge is 2.06. The molecule has 0 fully saturated rings. The molecule has 0 saturated heterocycles. The molecule has 0 aliphatic heterocycles. The van der Waals surface area contributed by atoms with Gasteiger partial charge in [-0.3, -0.25) is 9.36 Å². The molecule has 0 aliphatic carbocycles. The maximum Gasteiger partial charge on any atom is 0.347 e. The van der Waals surface area contributed by atoms with Gasteiger partial charge in [-0.25, -0.2) is 9.78 Å². The number of carbonyl (C=O) groups excluding carboxylic acids is 1. The first-order valence-corrected chi connectivity index (χ1v) is 8.56. The van der Waals surface area contributed by atoms with Gasteiger partial charge in [0.2, 0.25) is 5.91 Å². The molecule has 2 aromatic rings. The number of amides is 1. The molecular weight excluding hydrogens is 312 g/mol. The summed E-state index contributed by atoms with van der Waals surface area (Å²) in [6, 6.07) is 1.84. The third-order valence-corrected chi connectivity index (χ3v) is 4.49. The maximum atomic E-state index is 11.9. The van der Waals surface area contributed by atoms with E-state index in [0.717, 1.165) is 29.2 Å². The molecule has 6 nitrogen and oxygen atoms in total. The number of aromatic nitrogens is 3. The molecular formula is C16H22N4O2S. The molecule has 0 radical (unpaired) electrons. The van der Waals surface area contributed by atoms with E-state index >= 15 is 0 Å². The lowest BCUT2D eigenvalue weighted by Crippen LogP contribution is -2.30. The van der Waals surface area contributed by atoms with E-state index in [-0.39, 0.29) is 18.0 Å². The summed E-state index contributed by atoms with van der Waals surface area (Å²) in [7, 11) is 0. The highest BCUT2D eigenvalue weighted by Crippen LogP contribution is 2.10. The van der Waals surface area contributed by atoms with Crippen molar-refractivity contribution in [1.82, 2.24) is 19.9 Å². The van der Waals surface area contributed by atoms with Gasteiger partial charge in [0, 0.05) is 48.4 Å². The van der Waals surface area contributed by atoms with Crippen LogP contribution in [0.25, 0.3) is 0 Å². The lowest BCUT2D eigenvalue weighted by molar-refractivity contribution is -0.121. The van der Waals surface area contributed by atoms with Crippen molar-refractivity contribution in [3.8, 4) is 0 Å². The van der Waals surface area contributed by atoms with Crippen molar-refractivity contribution in [1.29, 1.82) is 0 Å². The monoisotopic (exact) mass is 334 g/mol. The molecule has 0 aromatic carbocycles. The Labute approximate surface area is 139 Å². The van der Waals surface area contributed by atoms with E-state index < -0.39 is 0 Å². The summed E-state index contributed by atoms with van der Waals surface area (Å²) in [6.07, 6.45) is 2.02. The number of carbonyl (C=O) groups is 1. The van der Waals surface area contributed by atoms with Crippen LogP contribution in [0.5, 0.6) is 0 Å². The van der Waals surface area contributed by atoms with Crippen LogP contribution in [-0.2, 0) is 17.8 Å². The van der Waals surface area contributed by atoms with E-state index in [2.05, 4.69) is 15.3 Å². The normalized spacial score (nSPS) is 10.7. The number of nitrogens with zero attached hydrogens (tertiary/aromatic N) is 3. The first-order chi connectivity index (χ1) is 11.0. The number of nitrogens with one attached hydrogen (secondary N) is 1. The minimum atomic E-state index is -0.297. The standard InChI is InChI=1S/C16H22N4O2S/c1-11-9-13(3)20(16(22)19-11)8-6-14(21)17-7-4-5-15-18-12(2)10-23-15/h9-10H,4-8H2,1-3H3,(H,17,21). The van der Waals surface area contributed by atoms with Crippen molar-refractivity contribution in [2.45, 2.75) is 46.6 Å². The third kappa shape index (κ3) is 5.28. The largest absolute Gasteiger partial charge is 0.356 e. The molecule has 2 aromatic heterocycles. The van der Waals surface area contributed by atoms with Gasteiger partial charge >= 0.3 is 5.69 Å². The Balaban J connectivity index is 1.72. The quantitative estimate of drug-likeness (QED) is 0.783. The molecule has 0 spiro atoms. The third-order valence-electron chi connectivity index (χ3n) is 3.47. The molecule has 0 saturated carbocycles. The fourth-order valence-electron chi connectivity index (χ4n) is 2.33. The molecule has 7 heteroatoms. The van der Waals surface area contributed by atoms with Crippen molar-refractivity contribution < 1.29 is 4.79 Å². The summed E-state index contributed by atoms with van der Waals surface area (Å²) >= 11 is 1.65. The smallest absolute Gasteiger partial charge is 0.347 e. The Morgan fingerprint density at radius 1 is 1.26 bits per heavy atom. The van der Waals surface area contributed by atoms with Crippen LogP contribution in [0.4, 0.5) is 0 Å². The SMILES string of the molecule is Cc1csc(CCCNC(=O)CCn2c(C)cc(C)nc2=O)n1. The van der Waals surface area contributed by atoms with Crippen molar-refractivity contribution in [3.05, 3.63) is 44.0 Å². The molecule has 2 heterocycles. The van der Waals surface area contributed by atoms with Crippen LogP contribution in [0.3, 0.4) is 0 Å². The highest BCUT2D eigenvalue weighted by atomic mass is 32.1. The summed E-state index contributed by atoms with van der Waals surface area (Å²) in [5.74, 6) is -0.0489. The van der Waals surface area contributed by atoms with Crippen molar-refractivity contribution in [3.63, 3.8) is 0 Å². The molecule has 0 aliphatic rings. The Morgan fingerprint density at radius 2 is 2.04 bits per heavy atom. The van der Waals surface area contributed by atoms with Gasteiger partial charge in [0.1, 0.15) is 0 Å². The minimum Gasteiger partial charge on any atom is -0.356 e. The Kier molecular flexibility index (Phi) is 6.04. The average Bonchev–Trinajstić information content (AvgIpc) is 2.88. The van der Waals surface area contributed by atoms with Crippen molar-refractivity contribution in [2.24, 2.45) is 0 Å². The summed E-state index contributed by atoms with van der Waals surface area (Å²) in [5.41, 5.74) is 2.27. The van der Waals surface area contributed by atoms with Crippen LogP contribution in [0, 0.1) is 20.8 Å². The van der Waals surface area contributed by atoms with Gasteiger partial charge in [0.15, 0.2) is 0 Å². The average molecular weight is 334 g/mol. The van der Waals surface area contributed by atoms with E-state index in [1.807, 2.05) is 25.3 Å². The van der Waals surface area contributed by atoms with Gasteiger partial charge in [-0.15, -0.1) is 11.3 Å². The van der Waals surface area contributed by atoms with Crippen molar-refractivity contribution >= 4 is 17.2 Å². The predicted molar refractivity (Wildman–Crippen MR) is 90.8 cm³/mol. The summed E-state index contributed by atoms with van der Waals surface area (Å²) in [5, 5.41) is 6.02. The second-order valence-corrected chi connectivity index (χ2v) is 6.50. The van der Waals surface area contributed by atoms with Gasteiger partial charge in [-0.2, -0.15) is 4.98 Å². The van der Waals surface area contributed by atoms with Crippen molar-refractivity contribution in [2.75, 3.05) is 6.54 Å². The van der Waals surface area contributed by atoms with E-state index in [1.54, 1.807) is 18.3 Å². The fraction of sp³-hybridized carbons (Fsp3) is 0.500. The molecule has 1 N–H and O–H groups in total. The molecule has 0 bridgehead atoms. The molecule has 124 valence electrons. The topological polar surface area (TPSA) is 76.9 Å². The molecule has 1 amide bonds. The van der Waals surface area contributed by atoms with Crippen LogP contribution in [0.15, 0.2) is 16.2 Å². The van der Waals surface area contributed by atoms with Crippen LogP contribution in [-0.4, -0.2) is 27.0 Å².